The highest BCUT2D eigenvalue weighted by molar-refractivity contribution is 7.93. The minimum Gasteiger partial charge on any atom is -0.394 e. The van der Waals surface area contributed by atoms with E-state index in [1.54, 1.807) is 0 Å². The summed E-state index contributed by atoms with van der Waals surface area (Å²) < 4.78 is 47.7. The number of aliphatic hydroxyl groups is 1. The second kappa shape index (κ2) is 5.21. The normalized spacial score (nSPS) is 20.6. The molecule has 0 radical (unpaired) electrons. The number of rotatable bonds is 6. The minimum absolute atomic E-state index is 0.245. The van der Waals surface area contributed by atoms with Gasteiger partial charge in [0.2, 0.25) is 10.0 Å². The maximum absolute atomic E-state index is 11.7. The third-order valence-electron chi connectivity index (χ3n) is 2.96. The Labute approximate surface area is 102 Å². The largest absolute Gasteiger partial charge is 0.394 e. The minimum atomic E-state index is -3.66. The zero-order valence-corrected chi connectivity index (χ0v) is 11.5. The van der Waals surface area contributed by atoms with Crippen LogP contribution < -0.4 is 4.72 Å². The van der Waals surface area contributed by atoms with Crippen LogP contribution in [0.5, 0.6) is 0 Å². The first kappa shape index (κ1) is 14.9. The van der Waals surface area contributed by atoms with E-state index in [-0.39, 0.29) is 6.61 Å². The smallest absolute Gasteiger partial charge is 0.213 e. The number of sulfone groups is 1. The van der Waals surface area contributed by atoms with E-state index in [4.69, 9.17) is 0 Å². The maximum atomic E-state index is 11.7. The first-order chi connectivity index (χ1) is 7.68. The molecule has 1 aliphatic carbocycles. The summed E-state index contributed by atoms with van der Waals surface area (Å²) in [6.45, 7) is -0.245. The highest BCUT2D eigenvalue weighted by Crippen LogP contribution is 2.29. The second-order valence-corrected chi connectivity index (χ2v) is 8.80. The number of hydrogen-bond acceptors (Lipinski definition) is 5. The van der Waals surface area contributed by atoms with E-state index in [2.05, 4.69) is 4.72 Å². The molecule has 1 rings (SSSR count). The summed E-state index contributed by atoms with van der Waals surface area (Å²) in [7, 11) is -6.96. The first-order valence-corrected chi connectivity index (χ1v) is 9.20. The molecule has 0 aromatic rings. The third-order valence-corrected chi connectivity index (χ3v) is 5.65. The van der Waals surface area contributed by atoms with Gasteiger partial charge in [0.15, 0.2) is 0 Å². The van der Waals surface area contributed by atoms with Crippen LogP contribution in [0.4, 0.5) is 0 Å². The van der Waals surface area contributed by atoms with Crippen LogP contribution in [0.15, 0.2) is 0 Å². The van der Waals surface area contributed by atoms with Crippen molar-refractivity contribution in [2.75, 3.05) is 24.4 Å². The summed E-state index contributed by atoms with van der Waals surface area (Å²) in [5.41, 5.74) is -0.781. The molecule has 6 nitrogen and oxygen atoms in total. The molecule has 8 heteroatoms. The quantitative estimate of drug-likeness (QED) is 0.669. The highest BCUT2D eigenvalue weighted by atomic mass is 32.2. The SMILES string of the molecule is CS(=O)(=O)CCS(=O)(=O)NC1(CO)CCCC1. The number of nitrogens with one attached hydrogen (secondary N) is 1. The molecule has 0 aliphatic heterocycles. The van der Waals surface area contributed by atoms with Crippen molar-refractivity contribution in [1.82, 2.24) is 4.72 Å². The van der Waals surface area contributed by atoms with Crippen LogP contribution in [-0.2, 0) is 19.9 Å². The van der Waals surface area contributed by atoms with Crippen molar-refractivity contribution >= 4 is 19.9 Å². The van der Waals surface area contributed by atoms with E-state index < -0.39 is 36.9 Å². The van der Waals surface area contributed by atoms with Crippen LogP contribution in [0.1, 0.15) is 25.7 Å². The van der Waals surface area contributed by atoms with Gasteiger partial charge < -0.3 is 5.11 Å². The predicted molar refractivity (Wildman–Crippen MR) is 64.9 cm³/mol. The van der Waals surface area contributed by atoms with Gasteiger partial charge in [0.25, 0.3) is 0 Å². The van der Waals surface area contributed by atoms with Crippen LogP contribution in [0.2, 0.25) is 0 Å². The lowest BCUT2D eigenvalue weighted by Gasteiger charge is -2.27. The fourth-order valence-electron chi connectivity index (χ4n) is 1.99. The van der Waals surface area contributed by atoms with Crippen molar-refractivity contribution in [1.29, 1.82) is 0 Å². The van der Waals surface area contributed by atoms with Gasteiger partial charge in [-0.05, 0) is 12.8 Å². The summed E-state index contributed by atoms with van der Waals surface area (Å²) in [6.07, 6.45) is 3.94. The second-order valence-electron chi connectivity index (χ2n) is 4.70. The van der Waals surface area contributed by atoms with Crippen LogP contribution in [0, 0.1) is 0 Å². The van der Waals surface area contributed by atoms with Crippen molar-refractivity contribution in [3.8, 4) is 0 Å². The summed E-state index contributed by atoms with van der Waals surface area (Å²) >= 11 is 0. The third kappa shape index (κ3) is 4.90. The zero-order valence-electron chi connectivity index (χ0n) is 9.85. The Hall–Kier alpha value is -0.180. The molecule has 0 bridgehead atoms. The molecule has 0 amide bonds. The lowest BCUT2D eigenvalue weighted by atomic mass is 10.0. The van der Waals surface area contributed by atoms with Crippen LogP contribution in [0.3, 0.4) is 0 Å². The number of aliphatic hydroxyl groups excluding tert-OH is 1. The van der Waals surface area contributed by atoms with Crippen LogP contribution >= 0.6 is 0 Å². The number of hydrogen-bond donors (Lipinski definition) is 2. The Morgan fingerprint density at radius 1 is 1.12 bits per heavy atom. The molecule has 0 atom stereocenters. The molecule has 1 saturated carbocycles. The lowest BCUT2D eigenvalue weighted by molar-refractivity contribution is 0.185. The molecule has 102 valence electrons. The van der Waals surface area contributed by atoms with Crippen molar-refractivity contribution in [3.05, 3.63) is 0 Å². The molecule has 0 aromatic carbocycles. The molecular formula is C9H19NO5S2. The number of sulfonamides is 1. The van der Waals surface area contributed by atoms with Gasteiger partial charge in [0.05, 0.1) is 23.7 Å². The van der Waals surface area contributed by atoms with Gasteiger partial charge in [0, 0.05) is 6.26 Å². The van der Waals surface area contributed by atoms with Crippen molar-refractivity contribution in [2.45, 2.75) is 31.2 Å². The molecule has 1 fully saturated rings. The molecule has 0 unspecified atom stereocenters. The van der Waals surface area contributed by atoms with E-state index in [1.165, 1.54) is 0 Å². The summed E-state index contributed by atoms with van der Waals surface area (Å²) in [5.74, 6) is -0.850. The molecule has 2 N–H and O–H groups in total. The monoisotopic (exact) mass is 285 g/mol. The average Bonchev–Trinajstić information content (AvgIpc) is 2.63. The van der Waals surface area contributed by atoms with Crippen molar-refractivity contribution in [3.63, 3.8) is 0 Å². The Morgan fingerprint density at radius 3 is 2.06 bits per heavy atom. The molecule has 17 heavy (non-hydrogen) atoms. The molecular weight excluding hydrogens is 266 g/mol. The van der Waals surface area contributed by atoms with Crippen molar-refractivity contribution in [2.24, 2.45) is 0 Å². The zero-order chi connectivity index (χ0) is 13.2. The lowest BCUT2D eigenvalue weighted by Crippen LogP contribution is -2.50. The first-order valence-electron chi connectivity index (χ1n) is 5.48. The van der Waals surface area contributed by atoms with Gasteiger partial charge in [-0.25, -0.2) is 21.6 Å². The summed E-state index contributed by atoms with van der Waals surface area (Å²) in [6, 6.07) is 0. The van der Waals surface area contributed by atoms with E-state index in [1.807, 2.05) is 0 Å². The van der Waals surface area contributed by atoms with Gasteiger partial charge in [0.1, 0.15) is 9.84 Å². The van der Waals surface area contributed by atoms with Gasteiger partial charge in [-0.1, -0.05) is 12.8 Å². The summed E-state index contributed by atoms with van der Waals surface area (Å²) in [4.78, 5) is 0. The standard InChI is InChI=1S/C9H19NO5S2/c1-16(12,13)6-7-17(14,15)10-9(8-11)4-2-3-5-9/h10-11H,2-8H2,1H3. The van der Waals surface area contributed by atoms with E-state index >= 15 is 0 Å². The van der Waals surface area contributed by atoms with E-state index in [0.29, 0.717) is 12.8 Å². The maximum Gasteiger partial charge on any atom is 0.213 e. The fourth-order valence-corrected chi connectivity index (χ4v) is 5.11. The van der Waals surface area contributed by atoms with Crippen molar-refractivity contribution < 1.29 is 21.9 Å². The Balaban J connectivity index is 2.66. The van der Waals surface area contributed by atoms with Crippen LogP contribution in [0.25, 0.3) is 0 Å². The Kier molecular flexibility index (Phi) is 4.56. The van der Waals surface area contributed by atoms with E-state index in [0.717, 1.165) is 19.1 Å². The molecule has 0 spiro atoms. The van der Waals surface area contributed by atoms with Gasteiger partial charge in [-0.3, -0.25) is 0 Å². The van der Waals surface area contributed by atoms with Gasteiger partial charge in [-0.15, -0.1) is 0 Å². The van der Waals surface area contributed by atoms with Gasteiger partial charge >= 0.3 is 0 Å². The Bertz CT molecular complexity index is 448. The summed E-state index contributed by atoms with van der Waals surface area (Å²) in [5, 5.41) is 9.26. The predicted octanol–water partition coefficient (Wildman–Crippen LogP) is -0.744. The van der Waals surface area contributed by atoms with Gasteiger partial charge in [-0.2, -0.15) is 0 Å². The fraction of sp³-hybridized carbons (Fsp3) is 1.00. The topological polar surface area (TPSA) is 101 Å². The molecule has 0 aromatic heterocycles. The molecule has 1 aliphatic rings. The molecule has 0 saturated heterocycles. The highest BCUT2D eigenvalue weighted by Gasteiger charge is 2.36. The van der Waals surface area contributed by atoms with Crippen LogP contribution in [-0.4, -0.2) is 51.8 Å². The average molecular weight is 285 g/mol. The van der Waals surface area contributed by atoms with E-state index in [9.17, 15) is 21.9 Å². The molecule has 0 heterocycles. The Morgan fingerprint density at radius 2 is 1.65 bits per heavy atom.